The van der Waals surface area contributed by atoms with Gasteiger partial charge in [-0.05, 0) is 77.1 Å². The first-order valence-electron chi connectivity index (χ1n) is 18.6. The van der Waals surface area contributed by atoms with Crippen molar-refractivity contribution in [3.8, 4) is 0 Å². The number of nitrogens with one attached hydrogen (secondary N) is 1. The van der Waals surface area contributed by atoms with Crippen molar-refractivity contribution >= 4 is 5.69 Å². The van der Waals surface area contributed by atoms with E-state index in [1.807, 2.05) is 59.7 Å². The molecule has 2 unspecified atom stereocenters. The summed E-state index contributed by atoms with van der Waals surface area (Å²) in [6.45, 7) is 30.6. The second-order valence-electron chi connectivity index (χ2n) is 11.5. The van der Waals surface area contributed by atoms with E-state index in [4.69, 9.17) is 14.2 Å². The maximum Gasteiger partial charge on any atom is 0.0594 e. The number of benzene rings is 3. The zero-order chi connectivity index (χ0) is 36.6. The minimum absolute atomic E-state index is 0.367. The summed E-state index contributed by atoms with van der Waals surface area (Å²) >= 11 is 0. The third kappa shape index (κ3) is 25.3. The van der Waals surface area contributed by atoms with Crippen molar-refractivity contribution in [1.82, 2.24) is 4.90 Å². The fraction of sp³-hybridized carbons (Fsp3) is 0.581. The summed E-state index contributed by atoms with van der Waals surface area (Å²) in [4.78, 5) is 2.44. The number of morpholine rings is 1. The summed E-state index contributed by atoms with van der Waals surface area (Å²) in [5.41, 5.74) is 6.58. The van der Waals surface area contributed by atoms with Gasteiger partial charge in [-0.25, -0.2) is 0 Å². The fourth-order valence-corrected chi connectivity index (χ4v) is 4.94. The van der Waals surface area contributed by atoms with Gasteiger partial charge in [0.2, 0.25) is 0 Å². The van der Waals surface area contributed by atoms with Crippen LogP contribution in [0.1, 0.15) is 104 Å². The molecule has 2 atom stereocenters. The second kappa shape index (κ2) is 32.8. The molecule has 5 heteroatoms. The van der Waals surface area contributed by atoms with Crippen molar-refractivity contribution in [2.24, 2.45) is 0 Å². The first kappa shape index (κ1) is 47.4. The van der Waals surface area contributed by atoms with Gasteiger partial charge in [-0.3, -0.25) is 4.90 Å². The molecule has 2 fully saturated rings. The molecule has 0 aliphatic carbocycles. The maximum absolute atomic E-state index is 5.74. The van der Waals surface area contributed by atoms with Crippen molar-refractivity contribution in [3.63, 3.8) is 0 Å². The quantitative estimate of drug-likeness (QED) is 0.284. The highest BCUT2D eigenvalue weighted by atomic mass is 16.5. The van der Waals surface area contributed by atoms with Crippen molar-refractivity contribution in [3.05, 3.63) is 101 Å². The Hall–Kier alpha value is -2.70. The Morgan fingerprint density at radius 1 is 0.708 bits per heavy atom. The Morgan fingerprint density at radius 3 is 1.67 bits per heavy atom. The standard InChI is InChI=1S/C14H21NO.C12H17NO.C7H8.C4H10O.3C2H6/c1-10-5-4-6-13(7-10)15-14-8-11(2)16-12(3)9-14;1-11-2-4-12(5-3-11)10-13-6-8-14-9-7-13;1-7-5-3-2-4-6-7;1-3-4-5-2;3*1-2/h4-7,11-12,14-15H,8-9H2,1-3H3;2-5H,6-10H2,1H3;2-6H,1H3;3-4H2,1-2H3;3*1-2H3. The van der Waals surface area contributed by atoms with Gasteiger partial charge in [0.25, 0.3) is 0 Å². The monoisotopic (exact) mass is 667 g/mol. The molecule has 5 rings (SSSR count). The summed E-state index contributed by atoms with van der Waals surface area (Å²) in [5, 5.41) is 3.60. The molecule has 1 N–H and O–H groups in total. The van der Waals surface area contributed by atoms with E-state index in [0.29, 0.717) is 18.2 Å². The first-order valence-corrected chi connectivity index (χ1v) is 18.6. The van der Waals surface area contributed by atoms with E-state index in [1.54, 1.807) is 7.11 Å². The molecule has 5 nitrogen and oxygen atoms in total. The first-order chi connectivity index (χ1) is 23.3. The molecule has 0 radical (unpaired) electrons. The van der Waals surface area contributed by atoms with E-state index in [0.717, 1.165) is 58.7 Å². The van der Waals surface area contributed by atoms with E-state index in [9.17, 15) is 0 Å². The van der Waals surface area contributed by atoms with Gasteiger partial charge in [0.05, 0.1) is 25.4 Å². The summed E-state index contributed by atoms with van der Waals surface area (Å²) in [7, 11) is 1.71. The molecule has 0 aromatic heterocycles. The summed E-state index contributed by atoms with van der Waals surface area (Å²) in [6, 6.07) is 28.1. The Bertz CT molecular complexity index is 1060. The Labute approximate surface area is 297 Å². The van der Waals surface area contributed by atoms with Crippen LogP contribution >= 0.6 is 0 Å². The van der Waals surface area contributed by atoms with E-state index >= 15 is 0 Å². The number of hydrogen-bond acceptors (Lipinski definition) is 5. The Kier molecular flexibility index (Phi) is 32.4. The van der Waals surface area contributed by atoms with Crippen LogP contribution in [0.5, 0.6) is 0 Å². The van der Waals surface area contributed by atoms with Gasteiger partial charge < -0.3 is 19.5 Å². The molecule has 2 aliphatic rings. The molecule has 2 heterocycles. The fourth-order valence-electron chi connectivity index (χ4n) is 4.94. The summed E-state index contributed by atoms with van der Waals surface area (Å²) < 4.78 is 15.7. The Balaban J connectivity index is 0. The molecule has 0 spiro atoms. The molecule has 0 bridgehead atoms. The highest BCUT2D eigenvalue weighted by molar-refractivity contribution is 5.46. The normalized spacial score (nSPS) is 17.9. The lowest BCUT2D eigenvalue weighted by atomic mass is 9.99. The molecule has 2 aliphatic heterocycles. The van der Waals surface area contributed by atoms with Gasteiger partial charge >= 0.3 is 0 Å². The highest BCUT2D eigenvalue weighted by Gasteiger charge is 2.24. The molecular formula is C43H74N2O3. The predicted molar refractivity (Wildman–Crippen MR) is 212 cm³/mol. The van der Waals surface area contributed by atoms with Crippen LogP contribution in [0.3, 0.4) is 0 Å². The number of nitrogens with zero attached hydrogens (tertiary/aromatic N) is 1. The van der Waals surface area contributed by atoms with E-state index in [-0.39, 0.29) is 0 Å². The minimum Gasteiger partial charge on any atom is -0.385 e. The second-order valence-corrected chi connectivity index (χ2v) is 11.5. The topological polar surface area (TPSA) is 43.0 Å². The van der Waals surface area contributed by atoms with Crippen LogP contribution in [0.2, 0.25) is 0 Å². The predicted octanol–water partition coefficient (Wildman–Crippen LogP) is 11.3. The highest BCUT2D eigenvalue weighted by Crippen LogP contribution is 2.23. The van der Waals surface area contributed by atoms with Gasteiger partial charge in [0.1, 0.15) is 0 Å². The van der Waals surface area contributed by atoms with Gasteiger partial charge in [0, 0.05) is 45.1 Å². The lowest BCUT2D eigenvalue weighted by Gasteiger charge is -2.33. The van der Waals surface area contributed by atoms with Crippen LogP contribution in [-0.4, -0.2) is 63.2 Å². The maximum atomic E-state index is 5.74. The number of aryl methyl sites for hydroxylation is 3. The minimum atomic E-state index is 0.367. The van der Waals surface area contributed by atoms with Gasteiger partial charge in [-0.1, -0.05) is 126 Å². The van der Waals surface area contributed by atoms with Gasteiger partial charge in [0.15, 0.2) is 0 Å². The lowest BCUT2D eigenvalue weighted by molar-refractivity contribution is -0.0337. The smallest absolute Gasteiger partial charge is 0.0594 e. The average Bonchev–Trinajstić information content (AvgIpc) is 3.10. The van der Waals surface area contributed by atoms with E-state index < -0.39 is 0 Å². The third-order valence-electron chi connectivity index (χ3n) is 7.07. The summed E-state index contributed by atoms with van der Waals surface area (Å²) in [6.07, 6.45) is 4.05. The average molecular weight is 667 g/mol. The van der Waals surface area contributed by atoms with Crippen molar-refractivity contribution in [1.29, 1.82) is 0 Å². The van der Waals surface area contributed by atoms with Crippen LogP contribution in [0.25, 0.3) is 0 Å². The van der Waals surface area contributed by atoms with Crippen molar-refractivity contribution in [2.75, 3.05) is 45.3 Å². The lowest BCUT2D eigenvalue weighted by Crippen LogP contribution is -2.36. The molecule has 3 aromatic carbocycles. The molecule has 0 saturated carbocycles. The van der Waals surface area contributed by atoms with Gasteiger partial charge in [-0.15, -0.1) is 0 Å². The zero-order valence-corrected chi connectivity index (χ0v) is 33.3. The molecule has 2 saturated heterocycles. The molecular weight excluding hydrogens is 592 g/mol. The molecule has 274 valence electrons. The molecule has 48 heavy (non-hydrogen) atoms. The van der Waals surface area contributed by atoms with Crippen molar-refractivity contribution in [2.45, 2.75) is 127 Å². The summed E-state index contributed by atoms with van der Waals surface area (Å²) in [5.74, 6) is 0. The van der Waals surface area contributed by atoms with E-state index in [2.05, 4.69) is 112 Å². The number of anilines is 1. The van der Waals surface area contributed by atoms with Crippen LogP contribution in [0, 0.1) is 20.8 Å². The SMILES string of the molecule is CC.CC.CC.CCCOC.Cc1ccc(CN2CCOCC2)cc1.Cc1cccc(NC2CC(C)OC(C)C2)c1.Cc1ccccc1. The van der Waals surface area contributed by atoms with Crippen LogP contribution in [0.15, 0.2) is 78.9 Å². The van der Waals surface area contributed by atoms with Crippen LogP contribution in [0.4, 0.5) is 5.69 Å². The largest absolute Gasteiger partial charge is 0.385 e. The van der Waals surface area contributed by atoms with Crippen LogP contribution < -0.4 is 5.32 Å². The van der Waals surface area contributed by atoms with Gasteiger partial charge in [-0.2, -0.15) is 0 Å². The molecule has 0 amide bonds. The number of methoxy groups -OCH3 is 1. The van der Waals surface area contributed by atoms with Crippen molar-refractivity contribution < 1.29 is 14.2 Å². The molecule has 3 aromatic rings. The van der Waals surface area contributed by atoms with Crippen LogP contribution in [-0.2, 0) is 20.8 Å². The Morgan fingerprint density at radius 2 is 1.23 bits per heavy atom. The third-order valence-corrected chi connectivity index (χ3v) is 7.07. The number of hydrogen-bond donors (Lipinski definition) is 1. The van der Waals surface area contributed by atoms with E-state index in [1.165, 1.54) is 27.9 Å². The number of ether oxygens (including phenoxy) is 3. The zero-order valence-electron chi connectivity index (χ0n) is 33.3. The number of rotatable bonds is 6.